The summed E-state index contributed by atoms with van der Waals surface area (Å²) in [6.45, 7) is 0. The standard InChI is InChI=1S/C19H26N6S/c1-26-16-4-2-3-15(11-16)23-17-12-19(21,13-5-7-14(20)8-6-13)24-25-10-9-22-18(17)25/h2-4,9-14,23-24H,5-8,20-21H2,1H3. The number of hydrogen-bond donors (Lipinski definition) is 4. The Morgan fingerprint density at radius 3 is 2.88 bits per heavy atom. The molecule has 26 heavy (non-hydrogen) atoms. The van der Waals surface area contributed by atoms with E-state index in [4.69, 9.17) is 11.5 Å². The predicted octanol–water partition coefficient (Wildman–Crippen LogP) is 2.79. The molecular weight excluding hydrogens is 344 g/mol. The van der Waals surface area contributed by atoms with Crippen molar-refractivity contribution in [1.82, 2.24) is 9.66 Å². The number of benzene rings is 1. The first kappa shape index (κ1) is 17.5. The van der Waals surface area contributed by atoms with E-state index in [1.165, 1.54) is 4.90 Å². The zero-order chi connectivity index (χ0) is 18.1. The van der Waals surface area contributed by atoms with Gasteiger partial charge in [-0.2, -0.15) is 0 Å². The maximum atomic E-state index is 6.83. The van der Waals surface area contributed by atoms with Gasteiger partial charge in [-0.05, 0) is 56.2 Å². The summed E-state index contributed by atoms with van der Waals surface area (Å²) >= 11 is 1.73. The predicted molar refractivity (Wildman–Crippen MR) is 108 cm³/mol. The summed E-state index contributed by atoms with van der Waals surface area (Å²) < 4.78 is 1.93. The van der Waals surface area contributed by atoms with Crippen molar-refractivity contribution in [1.29, 1.82) is 0 Å². The van der Waals surface area contributed by atoms with Crippen molar-refractivity contribution >= 4 is 23.1 Å². The molecule has 6 N–H and O–H groups in total. The second-order valence-corrected chi connectivity index (χ2v) is 8.07. The normalized spacial score (nSPS) is 28.0. The van der Waals surface area contributed by atoms with Crippen LogP contribution in [0.2, 0.25) is 0 Å². The van der Waals surface area contributed by atoms with Crippen LogP contribution in [0.3, 0.4) is 0 Å². The summed E-state index contributed by atoms with van der Waals surface area (Å²) in [5.74, 6) is 1.18. The molecule has 1 aromatic carbocycles. The van der Waals surface area contributed by atoms with Crippen molar-refractivity contribution in [3.05, 3.63) is 48.6 Å². The molecule has 1 unspecified atom stereocenters. The van der Waals surface area contributed by atoms with E-state index in [0.717, 1.165) is 42.9 Å². The lowest BCUT2D eigenvalue weighted by molar-refractivity contribution is 0.239. The second kappa shape index (κ2) is 6.98. The lowest BCUT2D eigenvalue weighted by Crippen LogP contribution is -2.58. The number of nitrogens with one attached hydrogen (secondary N) is 2. The number of rotatable bonds is 4. The molecule has 1 aromatic heterocycles. The number of thioether (sulfide) groups is 1. The SMILES string of the molecule is CSc1cccc(NC2=CC(N)(C3CCC(N)CC3)Nn3ccnc32)c1. The van der Waals surface area contributed by atoms with E-state index in [1.807, 2.05) is 10.9 Å². The fourth-order valence-corrected chi connectivity index (χ4v) is 4.35. The number of aromatic nitrogens is 2. The number of fused-ring (bicyclic) bond motifs is 1. The number of imidazole rings is 1. The van der Waals surface area contributed by atoms with Gasteiger partial charge in [-0.3, -0.25) is 0 Å². The Morgan fingerprint density at radius 1 is 1.31 bits per heavy atom. The van der Waals surface area contributed by atoms with Gasteiger partial charge in [-0.1, -0.05) is 6.07 Å². The average molecular weight is 371 g/mol. The Balaban J connectivity index is 1.65. The van der Waals surface area contributed by atoms with Crippen LogP contribution in [0.4, 0.5) is 5.69 Å². The maximum Gasteiger partial charge on any atom is 0.174 e. The van der Waals surface area contributed by atoms with Crippen molar-refractivity contribution in [3.8, 4) is 0 Å². The number of nitrogens with two attached hydrogens (primary N) is 2. The minimum atomic E-state index is -0.618. The van der Waals surface area contributed by atoms with Gasteiger partial charge in [-0.25, -0.2) is 9.66 Å². The zero-order valence-corrected chi connectivity index (χ0v) is 15.8. The van der Waals surface area contributed by atoms with Crippen LogP contribution in [0, 0.1) is 5.92 Å². The molecule has 138 valence electrons. The van der Waals surface area contributed by atoms with Crippen molar-refractivity contribution in [2.24, 2.45) is 17.4 Å². The summed E-state index contributed by atoms with van der Waals surface area (Å²) in [5.41, 5.74) is 17.7. The summed E-state index contributed by atoms with van der Waals surface area (Å²) in [7, 11) is 0. The zero-order valence-electron chi connectivity index (χ0n) is 15.0. The summed E-state index contributed by atoms with van der Waals surface area (Å²) in [4.78, 5) is 5.70. The molecule has 7 heteroatoms. The first-order valence-corrected chi connectivity index (χ1v) is 10.3. The largest absolute Gasteiger partial charge is 0.353 e. The highest BCUT2D eigenvalue weighted by Gasteiger charge is 2.39. The quantitative estimate of drug-likeness (QED) is 0.619. The Kier molecular flexibility index (Phi) is 4.69. The highest BCUT2D eigenvalue weighted by Crippen LogP contribution is 2.35. The van der Waals surface area contributed by atoms with Gasteiger partial charge in [0.1, 0.15) is 5.66 Å². The highest BCUT2D eigenvalue weighted by atomic mass is 32.2. The number of hydrogen-bond acceptors (Lipinski definition) is 6. The van der Waals surface area contributed by atoms with Crippen molar-refractivity contribution in [2.75, 3.05) is 17.0 Å². The van der Waals surface area contributed by atoms with Crippen LogP contribution in [-0.2, 0) is 0 Å². The van der Waals surface area contributed by atoms with Crippen LogP contribution in [-0.4, -0.2) is 27.6 Å². The first-order valence-electron chi connectivity index (χ1n) is 9.08. The third-order valence-corrected chi connectivity index (χ3v) is 6.10. The molecule has 0 bridgehead atoms. The Labute approximate surface area is 158 Å². The molecule has 1 saturated carbocycles. The fourth-order valence-electron chi connectivity index (χ4n) is 3.89. The molecule has 0 radical (unpaired) electrons. The molecule has 1 aliphatic heterocycles. The van der Waals surface area contributed by atoms with E-state index < -0.39 is 5.66 Å². The summed E-state index contributed by atoms with van der Waals surface area (Å²) in [6, 6.07) is 8.66. The van der Waals surface area contributed by atoms with Gasteiger partial charge < -0.3 is 22.2 Å². The van der Waals surface area contributed by atoms with Crippen LogP contribution in [0.15, 0.2) is 47.6 Å². The van der Waals surface area contributed by atoms with Gasteiger partial charge in [0.15, 0.2) is 5.82 Å². The van der Waals surface area contributed by atoms with Crippen LogP contribution in [0.1, 0.15) is 31.5 Å². The Hall–Kier alpha value is -1.96. The maximum absolute atomic E-state index is 6.83. The van der Waals surface area contributed by atoms with Gasteiger partial charge in [0.05, 0.1) is 5.70 Å². The molecule has 1 aliphatic carbocycles. The van der Waals surface area contributed by atoms with Crippen molar-refractivity contribution in [2.45, 2.75) is 42.3 Å². The van der Waals surface area contributed by atoms with Gasteiger partial charge in [-0.15, -0.1) is 11.8 Å². The monoisotopic (exact) mass is 370 g/mol. The number of nitrogens with zero attached hydrogens (tertiary/aromatic N) is 2. The van der Waals surface area contributed by atoms with Crippen LogP contribution >= 0.6 is 11.8 Å². The fraction of sp³-hybridized carbons (Fsp3) is 0.421. The van der Waals surface area contributed by atoms with Crippen LogP contribution in [0.5, 0.6) is 0 Å². The topological polar surface area (TPSA) is 93.9 Å². The third-order valence-electron chi connectivity index (χ3n) is 5.38. The summed E-state index contributed by atoms with van der Waals surface area (Å²) in [6.07, 6.45) is 12.0. The smallest absolute Gasteiger partial charge is 0.174 e. The first-order chi connectivity index (χ1) is 12.6. The molecule has 6 nitrogen and oxygen atoms in total. The molecule has 0 spiro atoms. The Bertz CT molecular complexity index is 808. The van der Waals surface area contributed by atoms with Crippen LogP contribution in [0.25, 0.3) is 5.70 Å². The molecule has 2 aromatic rings. The lowest BCUT2D eigenvalue weighted by atomic mass is 9.78. The molecule has 0 saturated heterocycles. The van der Waals surface area contributed by atoms with Gasteiger partial charge in [0.2, 0.25) is 0 Å². The molecule has 1 atom stereocenters. The third kappa shape index (κ3) is 3.34. The van der Waals surface area contributed by atoms with Crippen LogP contribution < -0.4 is 22.2 Å². The van der Waals surface area contributed by atoms with E-state index in [2.05, 4.69) is 52.3 Å². The molecule has 2 aliphatic rings. The van der Waals surface area contributed by atoms with E-state index >= 15 is 0 Å². The lowest BCUT2D eigenvalue weighted by Gasteiger charge is -2.42. The van der Waals surface area contributed by atoms with Gasteiger partial charge in [0.25, 0.3) is 0 Å². The molecule has 2 heterocycles. The molecule has 1 fully saturated rings. The Morgan fingerprint density at radius 2 is 2.12 bits per heavy atom. The highest BCUT2D eigenvalue weighted by molar-refractivity contribution is 7.98. The van der Waals surface area contributed by atoms with E-state index in [1.54, 1.807) is 18.0 Å². The minimum Gasteiger partial charge on any atom is -0.353 e. The van der Waals surface area contributed by atoms with Gasteiger partial charge >= 0.3 is 0 Å². The number of anilines is 1. The van der Waals surface area contributed by atoms with Crippen molar-refractivity contribution < 1.29 is 0 Å². The van der Waals surface area contributed by atoms with Crippen molar-refractivity contribution in [3.63, 3.8) is 0 Å². The molecule has 0 amide bonds. The molecule has 4 rings (SSSR count). The minimum absolute atomic E-state index is 0.304. The van der Waals surface area contributed by atoms with E-state index in [-0.39, 0.29) is 0 Å². The van der Waals surface area contributed by atoms with Gasteiger partial charge in [0, 0.05) is 34.9 Å². The van der Waals surface area contributed by atoms with E-state index in [0.29, 0.717) is 12.0 Å². The van der Waals surface area contributed by atoms with E-state index in [9.17, 15) is 0 Å². The summed E-state index contributed by atoms with van der Waals surface area (Å²) in [5, 5.41) is 3.52. The molecular formula is C19H26N6S. The second-order valence-electron chi connectivity index (χ2n) is 7.19. The average Bonchev–Trinajstić information content (AvgIpc) is 3.10.